The van der Waals surface area contributed by atoms with Gasteiger partial charge < -0.3 is 5.11 Å². The van der Waals surface area contributed by atoms with Crippen molar-refractivity contribution in [3.63, 3.8) is 0 Å². The van der Waals surface area contributed by atoms with E-state index in [1.165, 1.54) is 0 Å². The minimum absolute atomic E-state index is 0.147. The highest BCUT2D eigenvalue weighted by Crippen LogP contribution is 2.31. The molecule has 0 aliphatic heterocycles. The summed E-state index contributed by atoms with van der Waals surface area (Å²) in [6.07, 6.45) is 0. The van der Waals surface area contributed by atoms with Gasteiger partial charge >= 0.3 is 0 Å². The fourth-order valence-corrected chi connectivity index (χ4v) is 2.14. The van der Waals surface area contributed by atoms with Crippen LogP contribution in [0.1, 0.15) is 5.56 Å². The van der Waals surface area contributed by atoms with Crippen molar-refractivity contribution in [1.29, 1.82) is 5.53 Å². The van der Waals surface area contributed by atoms with Gasteiger partial charge in [0, 0.05) is 10.0 Å². The molecule has 3 nitrogen and oxygen atoms in total. The molecule has 0 radical (unpaired) electrons. The average molecular weight is 294 g/mol. The molecule has 0 aliphatic rings. The zero-order valence-corrected chi connectivity index (χ0v) is 9.18. The lowest BCUT2D eigenvalue weighted by Gasteiger charge is -2.03. The highest BCUT2D eigenvalue weighted by atomic mass is 79.9. The molecular formula is C7H6Br2N2O. The molecule has 0 aromatic heterocycles. The van der Waals surface area contributed by atoms with E-state index in [1.807, 2.05) is 0 Å². The summed E-state index contributed by atoms with van der Waals surface area (Å²) < 4.78 is 1.46. The van der Waals surface area contributed by atoms with Crippen LogP contribution in [0, 0.1) is 5.53 Å². The van der Waals surface area contributed by atoms with Crippen molar-refractivity contribution in [2.75, 3.05) is 0 Å². The summed E-state index contributed by atoms with van der Waals surface area (Å²) in [4.78, 5) is 0. The van der Waals surface area contributed by atoms with Crippen molar-refractivity contribution < 1.29 is 5.11 Å². The molecule has 1 aromatic rings. The highest BCUT2D eigenvalue weighted by molar-refractivity contribution is 9.11. The predicted molar refractivity (Wildman–Crippen MR) is 52.4 cm³/mol. The Morgan fingerprint density at radius 1 is 1.42 bits per heavy atom. The Kier molecular flexibility index (Phi) is 3.22. The number of halogens is 2. The number of phenolic OH excluding ortho intramolecular Hbond substituents is 1. The fraction of sp³-hybridized carbons (Fsp3) is 0.143. The first-order valence-corrected chi connectivity index (χ1v) is 4.74. The van der Waals surface area contributed by atoms with E-state index in [2.05, 4.69) is 37.0 Å². The van der Waals surface area contributed by atoms with Crippen LogP contribution in [-0.2, 0) is 6.54 Å². The maximum absolute atomic E-state index is 9.44. The molecule has 0 amide bonds. The average Bonchev–Trinajstić information content (AvgIpc) is 2.00. The smallest absolute Gasteiger partial charge is 0.134 e. The molecule has 0 fully saturated rings. The van der Waals surface area contributed by atoms with Gasteiger partial charge in [-0.25, -0.2) is 5.53 Å². The summed E-state index contributed by atoms with van der Waals surface area (Å²) in [5.41, 5.74) is 7.29. The monoisotopic (exact) mass is 292 g/mol. The normalized spacial score (nSPS) is 9.83. The highest BCUT2D eigenvalue weighted by Gasteiger charge is 2.05. The van der Waals surface area contributed by atoms with Crippen molar-refractivity contribution in [2.45, 2.75) is 6.54 Å². The topological polar surface area (TPSA) is 56.4 Å². The number of benzene rings is 1. The van der Waals surface area contributed by atoms with Crippen LogP contribution in [0.5, 0.6) is 5.75 Å². The standard InChI is InChI=1S/C7H6Br2N2O/c8-5-1-4(3-11-10)7(12)6(9)2-5/h1-2,10,12H,3H2. The molecule has 0 saturated carbocycles. The Balaban J connectivity index is 3.17. The second kappa shape index (κ2) is 4.00. The number of nitrogens with zero attached hydrogens (tertiary/aromatic N) is 1. The van der Waals surface area contributed by atoms with Crippen LogP contribution in [0.2, 0.25) is 0 Å². The first-order chi connectivity index (χ1) is 5.65. The second-order valence-electron chi connectivity index (χ2n) is 2.21. The first-order valence-electron chi connectivity index (χ1n) is 3.15. The molecule has 0 spiro atoms. The van der Waals surface area contributed by atoms with Gasteiger partial charge in [0.1, 0.15) is 5.75 Å². The minimum Gasteiger partial charge on any atom is -0.506 e. The van der Waals surface area contributed by atoms with E-state index in [1.54, 1.807) is 12.1 Å². The van der Waals surface area contributed by atoms with Gasteiger partial charge in [-0.05, 0) is 28.1 Å². The Morgan fingerprint density at radius 2 is 2.08 bits per heavy atom. The van der Waals surface area contributed by atoms with Crippen LogP contribution in [0.25, 0.3) is 0 Å². The molecule has 0 unspecified atom stereocenters. The maximum Gasteiger partial charge on any atom is 0.134 e. The van der Waals surface area contributed by atoms with Gasteiger partial charge in [0.2, 0.25) is 0 Å². The summed E-state index contributed by atoms with van der Waals surface area (Å²) >= 11 is 6.46. The van der Waals surface area contributed by atoms with Gasteiger partial charge in [-0.2, -0.15) is 5.11 Å². The third-order valence-electron chi connectivity index (χ3n) is 1.36. The number of rotatable bonds is 2. The van der Waals surface area contributed by atoms with Crippen molar-refractivity contribution in [1.82, 2.24) is 0 Å². The van der Waals surface area contributed by atoms with Gasteiger partial charge in [-0.1, -0.05) is 15.9 Å². The number of phenols is 1. The van der Waals surface area contributed by atoms with Gasteiger partial charge in [-0.15, -0.1) is 0 Å². The van der Waals surface area contributed by atoms with Gasteiger partial charge in [0.25, 0.3) is 0 Å². The predicted octanol–water partition coefficient (Wildman–Crippen LogP) is 3.45. The molecule has 1 rings (SSSR count). The van der Waals surface area contributed by atoms with Crippen molar-refractivity contribution >= 4 is 31.9 Å². The van der Waals surface area contributed by atoms with Gasteiger partial charge in [0.15, 0.2) is 0 Å². The van der Waals surface area contributed by atoms with E-state index < -0.39 is 0 Å². The Labute approximate surface area is 86.6 Å². The molecule has 0 atom stereocenters. The molecule has 2 N–H and O–H groups in total. The van der Waals surface area contributed by atoms with E-state index in [0.29, 0.717) is 10.0 Å². The lowest BCUT2D eigenvalue weighted by atomic mass is 10.2. The van der Waals surface area contributed by atoms with Crippen LogP contribution in [0.3, 0.4) is 0 Å². The lowest BCUT2D eigenvalue weighted by Crippen LogP contribution is -1.83. The van der Waals surface area contributed by atoms with E-state index in [4.69, 9.17) is 5.53 Å². The third kappa shape index (κ3) is 2.04. The summed E-state index contributed by atoms with van der Waals surface area (Å²) in [7, 11) is 0. The van der Waals surface area contributed by atoms with Crippen molar-refractivity contribution in [3.8, 4) is 5.75 Å². The van der Waals surface area contributed by atoms with Crippen LogP contribution in [-0.4, -0.2) is 5.11 Å². The Bertz CT molecular complexity index is 315. The lowest BCUT2D eigenvalue weighted by molar-refractivity contribution is 0.464. The zero-order valence-electron chi connectivity index (χ0n) is 6.01. The van der Waals surface area contributed by atoms with E-state index in [-0.39, 0.29) is 12.3 Å². The minimum atomic E-state index is 0.147. The number of hydrogen-bond acceptors (Lipinski definition) is 3. The van der Waals surface area contributed by atoms with E-state index >= 15 is 0 Å². The SMILES string of the molecule is N=NCc1cc(Br)cc(Br)c1O. The molecule has 0 aliphatic carbocycles. The summed E-state index contributed by atoms with van der Waals surface area (Å²) in [5.74, 6) is 0.147. The van der Waals surface area contributed by atoms with Crippen molar-refractivity contribution in [3.05, 3.63) is 26.6 Å². The Hall–Kier alpha value is -0.420. The zero-order chi connectivity index (χ0) is 9.14. The van der Waals surface area contributed by atoms with Crippen molar-refractivity contribution in [2.24, 2.45) is 5.11 Å². The number of aromatic hydroxyl groups is 1. The third-order valence-corrected chi connectivity index (χ3v) is 2.42. The summed E-state index contributed by atoms with van der Waals surface area (Å²) in [6, 6.07) is 3.47. The molecule has 12 heavy (non-hydrogen) atoms. The van der Waals surface area contributed by atoms with E-state index in [9.17, 15) is 5.11 Å². The first kappa shape index (κ1) is 9.67. The second-order valence-corrected chi connectivity index (χ2v) is 3.98. The number of hydrogen-bond donors (Lipinski definition) is 2. The summed E-state index contributed by atoms with van der Waals surface area (Å²) in [6.45, 7) is 0.198. The maximum atomic E-state index is 9.44. The van der Waals surface area contributed by atoms with Crippen LogP contribution >= 0.6 is 31.9 Å². The largest absolute Gasteiger partial charge is 0.506 e. The van der Waals surface area contributed by atoms with Gasteiger partial charge in [-0.3, -0.25) is 0 Å². The molecule has 0 saturated heterocycles. The number of nitrogens with one attached hydrogen (secondary N) is 1. The molecule has 0 heterocycles. The van der Waals surface area contributed by atoms with Crippen LogP contribution in [0.4, 0.5) is 0 Å². The van der Waals surface area contributed by atoms with E-state index in [0.717, 1.165) is 4.47 Å². The molecule has 64 valence electrons. The fourth-order valence-electron chi connectivity index (χ4n) is 0.825. The Morgan fingerprint density at radius 3 is 2.67 bits per heavy atom. The molecular weight excluding hydrogens is 288 g/mol. The van der Waals surface area contributed by atoms with Gasteiger partial charge in [0.05, 0.1) is 11.0 Å². The van der Waals surface area contributed by atoms with Crippen LogP contribution in [0.15, 0.2) is 26.2 Å². The quantitative estimate of drug-likeness (QED) is 0.806. The molecule has 5 heteroatoms. The molecule has 0 bridgehead atoms. The molecule has 1 aromatic carbocycles. The van der Waals surface area contributed by atoms with Crippen LogP contribution < -0.4 is 0 Å². The summed E-state index contributed by atoms with van der Waals surface area (Å²) in [5, 5.41) is 12.6.